The summed E-state index contributed by atoms with van der Waals surface area (Å²) in [4.78, 5) is 12.6. The van der Waals surface area contributed by atoms with E-state index in [2.05, 4.69) is 25.2 Å². The van der Waals surface area contributed by atoms with Gasteiger partial charge < -0.3 is 4.74 Å². The van der Waals surface area contributed by atoms with E-state index in [-0.39, 0.29) is 5.97 Å². The van der Waals surface area contributed by atoms with E-state index >= 15 is 0 Å². The van der Waals surface area contributed by atoms with Crippen LogP contribution < -0.4 is 0 Å². The Morgan fingerprint density at radius 3 is 2.50 bits per heavy atom. The summed E-state index contributed by atoms with van der Waals surface area (Å²) in [5.74, 6) is 1.65. The Kier molecular flexibility index (Phi) is 2.70. The Labute approximate surface area is 141 Å². The first kappa shape index (κ1) is 13.8. The SMILES string of the molecule is CC1C2C=CC(C3(c4ccccc4)OC(=O)c4ccccc43)=CC12. The van der Waals surface area contributed by atoms with Gasteiger partial charge in [-0.1, -0.05) is 73.7 Å². The quantitative estimate of drug-likeness (QED) is 0.764. The zero-order valence-corrected chi connectivity index (χ0v) is 13.5. The van der Waals surface area contributed by atoms with Crippen LogP contribution in [0.25, 0.3) is 0 Å². The summed E-state index contributed by atoms with van der Waals surface area (Å²) in [6, 6.07) is 17.8. The number of ether oxygens (including phenoxy) is 1. The van der Waals surface area contributed by atoms with Crippen molar-refractivity contribution in [3.8, 4) is 0 Å². The summed E-state index contributed by atoms with van der Waals surface area (Å²) >= 11 is 0. The highest BCUT2D eigenvalue weighted by Gasteiger charge is 2.52. The minimum absolute atomic E-state index is 0.241. The molecule has 4 atom stereocenters. The Balaban J connectivity index is 1.77. The molecule has 0 bridgehead atoms. The van der Waals surface area contributed by atoms with Crippen LogP contribution in [-0.4, -0.2) is 5.97 Å². The third-order valence-electron chi connectivity index (χ3n) is 5.75. The molecule has 0 spiro atoms. The first-order valence-electron chi connectivity index (χ1n) is 8.51. The number of rotatable bonds is 2. The van der Waals surface area contributed by atoms with Gasteiger partial charge >= 0.3 is 5.97 Å². The average molecular weight is 314 g/mol. The van der Waals surface area contributed by atoms with Crippen molar-refractivity contribution >= 4 is 5.97 Å². The van der Waals surface area contributed by atoms with Crippen molar-refractivity contribution in [3.05, 3.63) is 95.1 Å². The van der Waals surface area contributed by atoms with Gasteiger partial charge in [0.2, 0.25) is 0 Å². The van der Waals surface area contributed by atoms with Gasteiger partial charge in [0, 0.05) is 16.7 Å². The summed E-state index contributed by atoms with van der Waals surface area (Å²) < 4.78 is 6.09. The maximum absolute atomic E-state index is 12.6. The van der Waals surface area contributed by atoms with Crippen molar-refractivity contribution in [2.24, 2.45) is 17.8 Å². The summed E-state index contributed by atoms with van der Waals surface area (Å²) in [5, 5.41) is 0. The van der Waals surface area contributed by atoms with Crippen molar-refractivity contribution in [1.29, 1.82) is 0 Å². The topological polar surface area (TPSA) is 26.3 Å². The highest BCUT2D eigenvalue weighted by Crippen LogP contribution is 2.55. The van der Waals surface area contributed by atoms with Crippen LogP contribution in [0.15, 0.2) is 78.4 Å². The van der Waals surface area contributed by atoms with Crippen LogP contribution in [0, 0.1) is 17.8 Å². The van der Waals surface area contributed by atoms with E-state index in [4.69, 9.17) is 4.74 Å². The lowest BCUT2D eigenvalue weighted by Crippen LogP contribution is -2.30. The largest absolute Gasteiger partial charge is 0.441 e. The summed E-state index contributed by atoms with van der Waals surface area (Å²) in [5.41, 5.74) is 2.88. The summed E-state index contributed by atoms with van der Waals surface area (Å²) in [7, 11) is 0. The Morgan fingerprint density at radius 2 is 1.71 bits per heavy atom. The molecule has 1 fully saturated rings. The number of hydrogen-bond acceptors (Lipinski definition) is 2. The Hall–Kier alpha value is -2.61. The van der Waals surface area contributed by atoms with Crippen LogP contribution in [0.4, 0.5) is 0 Å². The van der Waals surface area contributed by atoms with Crippen LogP contribution in [0.5, 0.6) is 0 Å². The number of fused-ring (bicyclic) bond motifs is 2. The molecular weight excluding hydrogens is 296 g/mol. The minimum atomic E-state index is -0.821. The summed E-state index contributed by atoms with van der Waals surface area (Å²) in [6.07, 6.45) is 6.76. The van der Waals surface area contributed by atoms with Gasteiger partial charge in [0.1, 0.15) is 0 Å². The fourth-order valence-corrected chi connectivity index (χ4v) is 4.29. The molecule has 1 heterocycles. The predicted octanol–water partition coefficient (Wildman–Crippen LogP) is 4.48. The molecule has 0 radical (unpaired) electrons. The third-order valence-corrected chi connectivity index (χ3v) is 5.75. The molecule has 0 aromatic heterocycles. The van der Waals surface area contributed by atoms with Crippen molar-refractivity contribution in [3.63, 3.8) is 0 Å². The Morgan fingerprint density at radius 1 is 0.958 bits per heavy atom. The smallest absolute Gasteiger partial charge is 0.340 e. The van der Waals surface area contributed by atoms with Crippen LogP contribution in [0.2, 0.25) is 0 Å². The van der Waals surface area contributed by atoms with Gasteiger partial charge in [-0.25, -0.2) is 4.79 Å². The van der Waals surface area contributed by atoms with Crippen molar-refractivity contribution in [2.75, 3.05) is 0 Å². The monoisotopic (exact) mass is 314 g/mol. The lowest BCUT2D eigenvalue weighted by Gasteiger charge is -2.32. The van der Waals surface area contributed by atoms with Gasteiger partial charge in [-0.2, -0.15) is 0 Å². The highest BCUT2D eigenvalue weighted by molar-refractivity contribution is 5.96. The highest BCUT2D eigenvalue weighted by atomic mass is 16.6. The van der Waals surface area contributed by atoms with Gasteiger partial charge in [0.05, 0.1) is 5.56 Å². The molecular formula is C22H18O2. The number of cyclic esters (lactones) is 1. The molecule has 0 N–H and O–H groups in total. The minimum Gasteiger partial charge on any atom is -0.441 e. The van der Waals surface area contributed by atoms with Gasteiger partial charge in [-0.05, 0) is 23.8 Å². The average Bonchev–Trinajstić information content (AvgIpc) is 3.18. The van der Waals surface area contributed by atoms with Gasteiger partial charge in [-0.3, -0.25) is 0 Å². The Bertz CT molecular complexity index is 893. The molecule has 118 valence electrons. The first-order chi connectivity index (χ1) is 11.7. The lowest BCUT2D eigenvalue weighted by molar-refractivity contribution is 0.0247. The number of hydrogen-bond donors (Lipinski definition) is 0. The second-order valence-corrected chi connectivity index (χ2v) is 6.98. The zero-order chi connectivity index (χ0) is 16.3. The first-order valence-corrected chi connectivity index (χ1v) is 8.51. The number of esters is 1. The number of carbonyl (C=O) groups is 1. The number of carbonyl (C=O) groups excluding carboxylic acids is 1. The standard InChI is InChI=1S/C22H18O2/c1-14-17-12-11-16(13-19(14)17)22(15-7-3-2-4-8-15)20-10-6-5-9-18(20)21(23)24-22/h2-14,17,19H,1H3. The van der Waals surface area contributed by atoms with E-state index in [0.717, 1.165) is 16.7 Å². The van der Waals surface area contributed by atoms with E-state index in [1.807, 2.05) is 54.6 Å². The number of allylic oxidation sites excluding steroid dienone is 2. The molecule has 2 aromatic carbocycles. The molecule has 4 unspecified atom stereocenters. The van der Waals surface area contributed by atoms with Crippen molar-refractivity contribution < 1.29 is 9.53 Å². The third kappa shape index (κ3) is 1.68. The van der Waals surface area contributed by atoms with Crippen LogP contribution >= 0.6 is 0 Å². The van der Waals surface area contributed by atoms with E-state index < -0.39 is 5.60 Å². The van der Waals surface area contributed by atoms with Crippen LogP contribution in [0.1, 0.15) is 28.4 Å². The van der Waals surface area contributed by atoms with Gasteiger partial charge in [0.15, 0.2) is 5.60 Å². The van der Waals surface area contributed by atoms with E-state index in [9.17, 15) is 4.79 Å². The van der Waals surface area contributed by atoms with Gasteiger partial charge in [0.25, 0.3) is 0 Å². The molecule has 5 rings (SSSR count). The maximum atomic E-state index is 12.6. The maximum Gasteiger partial charge on any atom is 0.340 e. The summed E-state index contributed by atoms with van der Waals surface area (Å²) in [6.45, 7) is 2.28. The van der Waals surface area contributed by atoms with E-state index in [1.54, 1.807) is 0 Å². The predicted molar refractivity (Wildman–Crippen MR) is 92.4 cm³/mol. The molecule has 3 aliphatic rings. The molecule has 1 saturated carbocycles. The van der Waals surface area contributed by atoms with Crippen molar-refractivity contribution in [1.82, 2.24) is 0 Å². The van der Waals surface area contributed by atoms with Crippen LogP contribution in [-0.2, 0) is 10.3 Å². The lowest BCUT2D eigenvalue weighted by atomic mass is 9.78. The van der Waals surface area contributed by atoms with Crippen LogP contribution in [0.3, 0.4) is 0 Å². The molecule has 0 amide bonds. The normalized spacial score (nSPS) is 32.6. The van der Waals surface area contributed by atoms with E-state index in [1.165, 1.54) is 0 Å². The zero-order valence-electron chi connectivity index (χ0n) is 13.5. The second-order valence-electron chi connectivity index (χ2n) is 6.98. The number of benzene rings is 2. The van der Waals surface area contributed by atoms with Crippen molar-refractivity contribution in [2.45, 2.75) is 12.5 Å². The second kappa shape index (κ2) is 4.70. The fourth-order valence-electron chi connectivity index (χ4n) is 4.29. The fraction of sp³-hybridized carbons (Fsp3) is 0.227. The molecule has 2 aliphatic carbocycles. The molecule has 1 aliphatic heterocycles. The molecule has 2 heteroatoms. The van der Waals surface area contributed by atoms with Gasteiger partial charge in [-0.15, -0.1) is 0 Å². The van der Waals surface area contributed by atoms with E-state index in [0.29, 0.717) is 23.3 Å². The molecule has 2 aromatic rings. The molecule has 24 heavy (non-hydrogen) atoms. The molecule has 0 saturated heterocycles. The molecule has 2 nitrogen and oxygen atoms in total.